The molecule has 0 unspecified atom stereocenters. The van der Waals surface area contributed by atoms with Gasteiger partial charge in [0.2, 0.25) is 0 Å². The molecular weight excluding hydrogens is 415 g/mol. The highest BCUT2D eigenvalue weighted by atomic mass is 79.9. The lowest BCUT2D eigenvalue weighted by Crippen LogP contribution is -2.13. The zero-order valence-corrected chi connectivity index (χ0v) is 16.7. The highest BCUT2D eigenvalue weighted by Crippen LogP contribution is 2.34. The highest BCUT2D eigenvalue weighted by molar-refractivity contribution is 9.10. The van der Waals surface area contributed by atoms with Gasteiger partial charge in [0.15, 0.2) is 5.13 Å². The van der Waals surface area contributed by atoms with Crippen molar-refractivity contribution >= 4 is 43.9 Å². The Morgan fingerprint density at radius 1 is 1.15 bits per heavy atom. The second kappa shape index (κ2) is 6.81. The Morgan fingerprint density at radius 3 is 2.65 bits per heavy atom. The average molecular weight is 431 g/mol. The van der Waals surface area contributed by atoms with Gasteiger partial charge in [-0.3, -0.25) is 4.40 Å². The first-order valence-electron chi connectivity index (χ1n) is 8.18. The summed E-state index contributed by atoms with van der Waals surface area (Å²) in [5, 5.41) is 2.85. The fraction of sp³-hybridized carbons (Fsp3) is 0.158. The van der Waals surface area contributed by atoms with Crippen LogP contribution in [0.4, 0.5) is 15.3 Å². The van der Waals surface area contributed by atoms with E-state index in [4.69, 9.17) is 9.97 Å². The van der Waals surface area contributed by atoms with Crippen molar-refractivity contribution in [3.8, 4) is 11.3 Å². The first-order chi connectivity index (χ1) is 12.6. The molecule has 3 heterocycles. The summed E-state index contributed by atoms with van der Waals surface area (Å²) in [5.74, 6) is 0.758. The van der Waals surface area contributed by atoms with Crippen molar-refractivity contribution in [3.63, 3.8) is 0 Å². The quantitative estimate of drug-likeness (QED) is 0.416. The lowest BCUT2D eigenvalue weighted by Gasteiger charge is -2.17. The molecule has 0 fully saturated rings. The molecule has 7 heteroatoms. The molecule has 1 aromatic carbocycles. The van der Waals surface area contributed by atoms with Gasteiger partial charge in [0, 0.05) is 28.7 Å². The molecule has 0 spiro atoms. The molecule has 4 rings (SSSR count). The highest BCUT2D eigenvalue weighted by Gasteiger charge is 2.19. The predicted octanol–water partition coefficient (Wildman–Crippen LogP) is 5.69. The third-order valence-electron chi connectivity index (χ3n) is 4.20. The van der Waals surface area contributed by atoms with Gasteiger partial charge in [-0.2, -0.15) is 0 Å². The minimum absolute atomic E-state index is 0.245. The van der Waals surface area contributed by atoms with Crippen LogP contribution in [0.1, 0.15) is 12.6 Å². The third-order valence-corrected chi connectivity index (χ3v) is 5.58. The third kappa shape index (κ3) is 3.01. The standard InChI is InChI=1S/C19H16BrFN4S/c1-3-15-18(25-10-13(20)6-9-17(25)22-15)24(2)19-23-16(11-26-19)12-4-7-14(21)8-5-12/h4-11H,3H2,1-2H3. The second-order valence-corrected chi connectivity index (χ2v) is 7.64. The van der Waals surface area contributed by atoms with Gasteiger partial charge < -0.3 is 4.90 Å². The van der Waals surface area contributed by atoms with E-state index >= 15 is 0 Å². The first-order valence-corrected chi connectivity index (χ1v) is 9.85. The monoisotopic (exact) mass is 430 g/mol. The lowest BCUT2D eigenvalue weighted by atomic mass is 10.2. The summed E-state index contributed by atoms with van der Waals surface area (Å²) in [7, 11) is 2.00. The molecule has 3 aromatic heterocycles. The summed E-state index contributed by atoms with van der Waals surface area (Å²) < 4.78 is 16.2. The van der Waals surface area contributed by atoms with Crippen LogP contribution in [0.3, 0.4) is 0 Å². The number of hydrogen-bond acceptors (Lipinski definition) is 4. The molecule has 0 bridgehead atoms. The van der Waals surface area contributed by atoms with Crippen LogP contribution in [0.2, 0.25) is 0 Å². The summed E-state index contributed by atoms with van der Waals surface area (Å²) in [4.78, 5) is 11.5. The molecule has 0 N–H and O–H groups in total. The SMILES string of the molecule is CCc1nc2ccc(Br)cn2c1N(C)c1nc(-c2ccc(F)cc2)cs1. The predicted molar refractivity (Wildman–Crippen MR) is 108 cm³/mol. The molecule has 0 aliphatic heterocycles. The molecule has 0 saturated heterocycles. The zero-order chi connectivity index (χ0) is 18.3. The number of aryl methyl sites for hydroxylation is 1. The topological polar surface area (TPSA) is 33.4 Å². The van der Waals surface area contributed by atoms with Crippen LogP contribution in [-0.2, 0) is 6.42 Å². The van der Waals surface area contributed by atoms with Crippen molar-refractivity contribution in [2.24, 2.45) is 0 Å². The lowest BCUT2D eigenvalue weighted by molar-refractivity contribution is 0.628. The maximum Gasteiger partial charge on any atom is 0.191 e. The van der Waals surface area contributed by atoms with Gasteiger partial charge >= 0.3 is 0 Å². The minimum Gasteiger partial charge on any atom is -0.305 e. The van der Waals surface area contributed by atoms with Crippen LogP contribution in [0.25, 0.3) is 16.9 Å². The minimum atomic E-state index is -0.245. The summed E-state index contributed by atoms with van der Waals surface area (Å²) >= 11 is 5.09. The number of pyridine rings is 1. The van der Waals surface area contributed by atoms with E-state index in [1.54, 1.807) is 23.5 Å². The maximum atomic E-state index is 13.1. The van der Waals surface area contributed by atoms with Crippen LogP contribution in [0.15, 0.2) is 52.4 Å². The van der Waals surface area contributed by atoms with E-state index in [1.807, 2.05) is 30.8 Å². The number of halogens is 2. The van der Waals surface area contributed by atoms with E-state index in [0.29, 0.717) is 0 Å². The number of fused-ring (bicyclic) bond motifs is 1. The van der Waals surface area contributed by atoms with Crippen molar-refractivity contribution in [2.45, 2.75) is 13.3 Å². The molecule has 0 aliphatic rings. The van der Waals surface area contributed by atoms with E-state index in [2.05, 4.69) is 32.2 Å². The van der Waals surface area contributed by atoms with Gasteiger partial charge in [-0.15, -0.1) is 11.3 Å². The summed E-state index contributed by atoms with van der Waals surface area (Å²) in [5.41, 5.74) is 3.66. The largest absolute Gasteiger partial charge is 0.305 e. The fourth-order valence-corrected chi connectivity index (χ4v) is 4.05. The van der Waals surface area contributed by atoms with Crippen LogP contribution in [-0.4, -0.2) is 21.4 Å². The second-order valence-electron chi connectivity index (χ2n) is 5.89. The normalized spacial score (nSPS) is 11.2. The van der Waals surface area contributed by atoms with E-state index < -0.39 is 0 Å². The molecule has 4 nitrogen and oxygen atoms in total. The smallest absolute Gasteiger partial charge is 0.191 e. The van der Waals surface area contributed by atoms with Crippen LogP contribution >= 0.6 is 27.3 Å². The number of benzene rings is 1. The Labute approximate surface area is 163 Å². The van der Waals surface area contributed by atoms with Crippen molar-refractivity contribution in [1.82, 2.24) is 14.4 Å². The Morgan fingerprint density at radius 2 is 1.92 bits per heavy atom. The van der Waals surface area contributed by atoms with Gasteiger partial charge in [0.05, 0.1) is 11.4 Å². The molecule has 0 aliphatic carbocycles. The molecule has 132 valence electrons. The molecule has 0 atom stereocenters. The Bertz CT molecular complexity index is 1070. The molecule has 0 amide bonds. The first kappa shape index (κ1) is 17.2. The number of nitrogens with zero attached hydrogens (tertiary/aromatic N) is 4. The van der Waals surface area contributed by atoms with Crippen LogP contribution < -0.4 is 4.90 Å². The summed E-state index contributed by atoms with van der Waals surface area (Å²) in [6, 6.07) is 10.4. The molecule has 4 aromatic rings. The number of anilines is 2. The van der Waals surface area contributed by atoms with E-state index in [-0.39, 0.29) is 5.82 Å². The van der Waals surface area contributed by atoms with E-state index in [0.717, 1.165) is 44.4 Å². The number of aromatic nitrogens is 3. The number of hydrogen-bond donors (Lipinski definition) is 0. The van der Waals surface area contributed by atoms with Gasteiger partial charge in [-0.05, 0) is 58.7 Å². The van der Waals surface area contributed by atoms with Gasteiger partial charge in [0.1, 0.15) is 17.3 Å². The Balaban J connectivity index is 1.76. The molecule has 0 saturated carbocycles. The maximum absolute atomic E-state index is 13.1. The average Bonchev–Trinajstić information content (AvgIpc) is 3.26. The molecular formula is C19H16BrFN4S. The van der Waals surface area contributed by atoms with E-state index in [9.17, 15) is 4.39 Å². The van der Waals surface area contributed by atoms with E-state index in [1.165, 1.54) is 12.1 Å². The number of thiazole rings is 1. The van der Waals surface area contributed by atoms with Crippen LogP contribution in [0.5, 0.6) is 0 Å². The van der Waals surface area contributed by atoms with Gasteiger partial charge in [-0.25, -0.2) is 14.4 Å². The van der Waals surface area contributed by atoms with Gasteiger partial charge in [-0.1, -0.05) is 6.92 Å². The zero-order valence-electron chi connectivity index (χ0n) is 14.3. The number of imidazole rings is 1. The number of rotatable bonds is 4. The summed E-state index contributed by atoms with van der Waals surface area (Å²) in [6.45, 7) is 2.10. The molecule has 0 radical (unpaired) electrons. The van der Waals surface area contributed by atoms with Crippen molar-refractivity contribution in [2.75, 3.05) is 11.9 Å². The van der Waals surface area contributed by atoms with Crippen molar-refractivity contribution in [3.05, 3.63) is 64.0 Å². The Hall–Kier alpha value is -2.25. The van der Waals surface area contributed by atoms with Gasteiger partial charge in [0.25, 0.3) is 0 Å². The summed E-state index contributed by atoms with van der Waals surface area (Å²) in [6.07, 6.45) is 2.84. The Kier molecular flexibility index (Phi) is 4.50. The van der Waals surface area contributed by atoms with Crippen molar-refractivity contribution < 1.29 is 4.39 Å². The fourth-order valence-electron chi connectivity index (χ4n) is 2.91. The van der Waals surface area contributed by atoms with Crippen molar-refractivity contribution in [1.29, 1.82) is 0 Å². The molecule has 26 heavy (non-hydrogen) atoms. The van der Waals surface area contributed by atoms with Crippen LogP contribution in [0, 0.1) is 5.82 Å².